The average Bonchev–Trinajstić information content (AvgIpc) is 2.85. The Morgan fingerprint density at radius 3 is 2.21 bits per heavy atom. The van der Waals surface area contributed by atoms with Gasteiger partial charge in [0.05, 0.1) is 30.0 Å². The molecule has 172 valence electrons. The Kier molecular flexibility index (Phi) is 6.41. The lowest BCUT2D eigenvalue weighted by Crippen LogP contribution is -2.50. The van der Waals surface area contributed by atoms with Crippen LogP contribution >= 0.6 is 0 Å². The van der Waals surface area contributed by atoms with E-state index in [4.69, 9.17) is 4.74 Å². The number of fused-ring (bicyclic) bond motifs is 2. The van der Waals surface area contributed by atoms with Crippen molar-refractivity contribution in [3.05, 3.63) is 64.2 Å². The van der Waals surface area contributed by atoms with E-state index in [1.807, 2.05) is 0 Å². The highest BCUT2D eigenvalue weighted by atomic mass is 16.6. The zero-order valence-electron chi connectivity index (χ0n) is 18.3. The normalized spacial score (nSPS) is 15.1. The number of carbonyl (C=O) groups is 4. The summed E-state index contributed by atoms with van der Waals surface area (Å²) in [6.07, 6.45) is -0.411. The Morgan fingerprint density at radius 1 is 0.939 bits per heavy atom. The fraction of sp³-hybridized carbons (Fsp3) is 0.333. The van der Waals surface area contributed by atoms with Crippen molar-refractivity contribution >= 4 is 29.3 Å². The van der Waals surface area contributed by atoms with Crippen LogP contribution in [-0.2, 0) is 4.74 Å². The van der Waals surface area contributed by atoms with Crippen molar-refractivity contribution < 1.29 is 29.0 Å². The molecule has 2 aliphatic rings. The predicted molar refractivity (Wildman–Crippen MR) is 120 cm³/mol. The molecule has 33 heavy (non-hydrogen) atoms. The number of nitrogens with zero attached hydrogens (tertiary/aromatic N) is 2. The van der Waals surface area contributed by atoms with Gasteiger partial charge in [-0.15, -0.1) is 0 Å². The topological polar surface area (TPSA) is 116 Å². The molecule has 1 aliphatic carbocycles. The second kappa shape index (κ2) is 9.41. The van der Waals surface area contributed by atoms with E-state index in [9.17, 15) is 24.3 Å². The van der Waals surface area contributed by atoms with Gasteiger partial charge in [0.25, 0.3) is 5.91 Å². The summed E-state index contributed by atoms with van der Waals surface area (Å²) in [5, 5.41) is 12.3. The fourth-order valence-electron chi connectivity index (χ4n) is 4.21. The molecule has 0 spiro atoms. The van der Waals surface area contributed by atoms with Crippen molar-refractivity contribution in [3.8, 4) is 0 Å². The maximum atomic E-state index is 13.4. The molecule has 1 heterocycles. The summed E-state index contributed by atoms with van der Waals surface area (Å²) in [6.45, 7) is 3.19. The van der Waals surface area contributed by atoms with Gasteiger partial charge in [-0.2, -0.15) is 0 Å². The van der Waals surface area contributed by atoms with Crippen LogP contribution in [0, 0.1) is 0 Å². The number of ether oxygens (including phenoxy) is 1. The number of amides is 2. The molecular weight excluding hydrogens is 426 g/mol. The monoisotopic (exact) mass is 451 g/mol. The highest BCUT2D eigenvalue weighted by Gasteiger charge is 2.35. The number of hydrogen-bond donors (Lipinski definition) is 2. The van der Waals surface area contributed by atoms with Gasteiger partial charge in [-0.05, 0) is 19.1 Å². The van der Waals surface area contributed by atoms with Gasteiger partial charge in [-0.3, -0.25) is 14.4 Å². The minimum Gasteiger partial charge on any atom is -0.450 e. The van der Waals surface area contributed by atoms with E-state index >= 15 is 0 Å². The Morgan fingerprint density at radius 2 is 1.58 bits per heavy atom. The molecule has 1 saturated heterocycles. The molecule has 2 amide bonds. The van der Waals surface area contributed by atoms with Crippen LogP contribution in [0.5, 0.6) is 0 Å². The molecule has 1 aliphatic heterocycles. The molecule has 2 N–H and O–H groups in total. The lowest BCUT2D eigenvalue weighted by molar-refractivity contribution is 0.0571. The first-order chi connectivity index (χ1) is 16.0. The van der Waals surface area contributed by atoms with Gasteiger partial charge in [-0.25, -0.2) is 4.79 Å². The van der Waals surface area contributed by atoms with Crippen LogP contribution in [0.4, 0.5) is 10.5 Å². The van der Waals surface area contributed by atoms with E-state index in [0.29, 0.717) is 31.7 Å². The molecule has 1 fully saturated rings. The summed E-state index contributed by atoms with van der Waals surface area (Å²) in [5.74, 6) is -0.947. The molecule has 0 bridgehead atoms. The van der Waals surface area contributed by atoms with Crippen LogP contribution in [0.25, 0.3) is 0 Å². The standard InChI is InChI=1S/C24H25N3O6/c1-2-33-24(32)27-12-10-26(11-13-27)23(31)18-8-7-17-19(20(18)25-9-14-28)22(30)16-6-4-3-5-15(16)21(17)29/h3-8,25,28H,2,9-14H2,1H3. The van der Waals surface area contributed by atoms with Crippen molar-refractivity contribution in [1.82, 2.24) is 9.80 Å². The zero-order valence-corrected chi connectivity index (χ0v) is 18.3. The quantitative estimate of drug-likeness (QED) is 0.607. The van der Waals surface area contributed by atoms with E-state index in [1.165, 1.54) is 12.1 Å². The summed E-state index contributed by atoms with van der Waals surface area (Å²) in [4.78, 5) is 54.9. The number of piperazine rings is 1. The SMILES string of the molecule is CCOC(=O)N1CCN(C(=O)c2ccc3c(c2NCCO)C(=O)c2ccccc2C3=O)CC1. The largest absolute Gasteiger partial charge is 0.450 e. The molecule has 0 unspecified atom stereocenters. The molecule has 0 radical (unpaired) electrons. The number of aliphatic hydroxyl groups is 1. The number of benzene rings is 2. The van der Waals surface area contributed by atoms with E-state index in [0.717, 1.165) is 0 Å². The van der Waals surface area contributed by atoms with Gasteiger partial charge >= 0.3 is 6.09 Å². The lowest BCUT2D eigenvalue weighted by atomic mass is 9.82. The molecule has 0 saturated carbocycles. The van der Waals surface area contributed by atoms with Crippen LogP contribution in [0.2, 0.25) is 0 Å². The maximum absolute atomic E-state index is 13.4. The van der Waals surface area contributed by atoms with Crippen molar-refractivity contribution in [3.63, 3.8) is 0 Å². The lowest BCUT2D eigenvalue weighted by Gasteiger charge is -2.34. The number of rotatable bonds is 5. The minimum atomic E-state index is -0.411. The first-order valence-corrected chi connectivity index (χ1v) is 10.9. The molecular formula is C24H25N3O6. The van der Waals surface area contributed by atoms with Gasteiger partial charge in [0.1, 0.15) is 0 Å². The van der Waals surface area contributed by atoms with Gasteiger partial charge in [0, 0.05) is 49.4 Å². The second-order valence-corrected chi connectivity index (χ2v) is 7.74. The van der Waals surface area contributed by atoms with Crippen molar-refractivity contribution in [2.75, 3.05) is 51.3 Å². The van der Waals surface area contributed by atoms with Gasteiger partial charge in [-0.1, -0.05) is 24.3 Å². The van der Waals surface area contributed by atoms with Crippen LogP contribution in [-0.4, -0.2) is 84.4 Å². The smallest absolute Gasteiger partial charge is 0.409 e. The summed E-state index contributed by atoms with van der Waals surface area (Å²) < 4.78 is 5.02. The van der Waals surface area contributed by atoms with E-state index < -0.39 is 6.09 Å². The molecule has 2 aromatic carbocycles. The average molecular weight is 451 g/mol. The molecule has 9 heteroatoms. The Bertz CT molecular complexity index is 1120. The zero-order chi connectivity index (χ0) is 23.5. The van der Waals surface area contributed by atoms with Crippen molar-refractivity contribution in [2.24, 2.45) is 0 Å². The molecule has 9 nitrogen and oxygen atoms in total. The number of hydrogen-bond acceptors (Lipinski definition) is 7. The highest BCUT2D eigenvalue weighted by molar-refractivity contribution is 6.31. The third kappa shape index (κ3) is 4.07. The highest BCUT2D eigenvalue weighted by Crippen LogP contribution is 2.35. The number of nitrogens with one attached hydrogen (secondary N) is 1. The summed E-state index contributed by atoms with van der Waals surface area (Å²) in [5.41, 5.74) is 1.47. The molecule has 0 aromatic heterocycles. The summed E-state index contributed by atoms with van der Waals surface area (Å²) in [6, 6.07) is 9.65. The summed E-state index contributed by atoms with van der Waals surface area (Å²) in [7, 11) is 0. The first-order valence-electron chi connectivity index (χ1n) is 10.9. The molecule has 2 aromatic rings. The van der Waals surface area contributed by atoms with E-state index in [-0.39, 0.29) is 65.2 Å². The van der Waals surface area contributed by atoms with Crippen LogP contribution in [0.3, 0.4) is 0 Å². The minimum absolute atomic E-state index is 0.108. The second-order valence-electron chi connectivity index (χ2n) is 7.74. The Hall–Kier alpha value is -3.72. The molecule has 4 rings (SSSR count). The maximum Gasteiger partial charge on any atom is 0.409 e. The Labute approximate surface area is 190 Å². The predicted octanol–water partition coefficient (Wildman–Crippen LogP) is 1.78. The number of anilines is 1. The van der Waals surface area contributed by atoms with Gasteiger partial charge in [0.15, 0.2) is 11.6 Å². The van der Waals surface area contributed by atoms with Crippen molar-refractivity contribution in [1.29, 1.82) is 0 Å². The third-order valence-electron chi connectivity index (χ3n) is 5.83. The van der Waals surface area contributed by atoms with Crippen LogP contribution < -0.4 is 5.32 Å². The number of ketones is 2. The number of aliphatic hydroxyl groups excluding tert-OH is 1. The van der Waals surface area contributed by atoms with Crippen molar-refractivity contribution in [2.45, 2.75) is 6.92 Å². The fourth-order valence-corrected chi connectivity index (χ4v) is 4.21. The van der Waals surface area contributed by atoms with Crippen LogP contribution in [0.15, 0.2) is 36.4 Å². The van der Waals surface area contributed by atoms with Crippen LogP contribution in [0.1, 0.15) is 49.1 Å². The first kappa shape index (κ1) is 22.5. The van der Waals surface area contributed by atoms with Gasteiger partial charge < -0.3 is 25.0 Å². The molecule has 0 atom stereocenters. The van der Waals surface area contributed by atoms with Gasteiger partial charge in [0.2, 0.25) is 0 Å². The Balaban J connectivity index is 1.67. The van der Waals surface area contributed by atoms with E-state index in [1.54, 1.807) is 41.0 Å². The number of carbonyl (C=O) groups excluding carboxylic acids is 4. The van der Waals surface area contributed by atoms with E-state index in [2.05, 4.69) is 5.32 Å². The third-order valence-corrected chi connectivity index (χ3v) is 5.83. The summed E-state index contributed by atoms with van der Waals surface area (Å²) >= 11 is 0.